The molecule has 1 unspecified atom stereocenters. The second-order valence-corrected chi connectivity index (χ2v) is 13.9. The maximum absolute atomic E-state index is 13.7. The Morgan fingerprint density at radius 3 is 2.38 bits per heavy atom. The van der Waals surface area contributed by atoms with Crippen LogP contribution in [0.5, 0.6) is 0 Å². The van der Waals surface area contributed by atoms with E-state index in [1.54, 1.807) is 42.5 Å². The number of fused-ring (bicyclic) bond motifs is 1. The molecule has 7 nitrogen and oxygen atoms in total. The second-order valence-electron chi connectivity index (χ2n) is 10.7. The number of thioether (sulfide) groups is 1. The van der Waals surface area contributed by atoms with Gasteiger partial charge in [-0.05, 0) is 71.8 Å². The van der Waals surface area contributed by atoms with Crippen LogP contribution in [0, 0.1) is 0 Å². The average Bonchev–Trinajstić information content (AvgIpc) is 3.57. The van der Waals surface area contributed by atoms with Crippen LogP contribution in [0.15, 0.2) is 142 Å². The molecule has 6 rings (SSSR count). The van der Waals surface area contributed by atoms with Crippen LogP contribution in [0.3, 0.4) is 0 Å². The number of hydrogen-bond donors (Lipinski definition) is 3. The van der Waals surface area contributed by atoms with E-state index in [-0.39, 0.29) is 11.6 Å². The summed E-state index contributed by atoms with van der Waals surface area (Å²) >= 11 is 6.17. The first kappa shape index (κ1) is 32.9. The van der Waals surface area contributed by atoms with Crippen LogP contribution in [-0.4, -0.2) is 28.0 Å². The Balaban J connectivity index is 1.16. The molecule has 238 valence electrons. The van der Waals surface area contributed by atoms with Crippen LogP contribution in [-0.2, 0) is 9.59 Å². The standard InChI is InChI=1S/C38H29BrN4O3S2/c1-24(35(44)43-38-42-34(23-47-38)26-17-19-29(39)20-18-26)48-31-15-8-14-30(22-31)40-37(46)33(41-36(45)27-10-3-2-4-11-27)21-28-13-7-12-25-9-5-6-16-32(25)28/h2-24H,1H3,(H,40,46)(H,41,45)(H,42,43,44)/b33-21+. The summed E-state index contributed by atoms with van der Waals surface area (Å²) in [4.78, 5) is 45.3. The Morgan fingerprint density at radius 2 is 1.56 bits per heavy atom. The van der Waals surface area contributed by atoms with Crippen LogP contribution in [0.1, 0.15) is 22.8 Å². The van der Waals surface area contributed by atoms with Crippen molar-refractivity contribution < 1.29 is 14.4 Å². The summed E-state index contributed by atoms with van der Waals surface area (Å²) < 4.78 is 0.983. The quantitative estimate of drug-likeness (QED) is 0.0963. The fourth-order valence-corrected chi connectivity index (χ4v) is 6.78. The Labute approximate surface area is 294 Å². The highest BCUT2D eigenvalue weighted by molar-refractivity contribution is 9.10. The molecule has 1 heterocycles. The van der Waals surface area contributed by atoms with Crippen molar-refractivity contribution in [1.29, 1.82) is 0 Å². The minimum absolute atomic E-state index is 0.0944. The van der Waals surface area contributed by atoms with Crippen molar-refractivity contribution >= 4 is 84.4 Å². The normalized spacial score (nSPS) is 11.9. The monoisotopic (exact) mass is 732 g/mol. The van der Waals surface area contributed by atoms with Crippen molar-refractivity contribution in [3.63, 3.8) is 0 Å². The zero-order valence-electron chi connectivity index (χ0n) is 25.6. The van der Waals surface area contributed by atoms with Gasteiger partial charge in [0.25, 0.3) is 11.8 Å². The van der Waals surface area contributed by atoms with E-state index in [9.17, 15) is 14.4 Å². The molecule has 3 amide bonds. The molecule has 0 aliphatic heterocycles. The molecule has 5 aromatic carbocycles. The van der Waals surface area contributed by atoms with Crippen LogP contribution < -0.4 is 16.0 Å². The summed E-state index contributed by atoms with van der Waals surface area (Å²) in [6.45, 7) is 1.82. The number of aromatic nitrogens is 1. The van der Waals surface area contributed by atoms with E-state index in [4.69, 9.17) is 0 Å². The molecule has 0 bridgehead atoms. The van der Waals surface area contributed by atoms with Gasteiger partial charge in [-0.1, -0.05) is 94.8 Å². The molecule has 0 radical (unpaired) electrons. The lowest BCUT2D eigenvalue weighted by Crippen LogP contribution is -2.30. The molecule has 1 aromatic heterocycles. The third-order valence-corrected chi connectivity index (χ3v) is 9.68. The Kier molecular flexibility index (Phi) is 10.4. The van der Waals surface area contributed by atoms with Gasteiger partial charge < -0.3 is 16.0 Å². The summed E-state index contributed by atoms with van der Waals surface area (Å²) in [6, 6.07) is 37.5. The van der Waals surface area contributed by atoms with E-state index in [1.807, 2.05) is 97.2 Å². The lowest BCUT2D eigenvalue weighted by atomic mass is 10.0. The van der Waals surface area contributed by atoms with Crippen molar-refractivity contribution in [2.75, 3.05) is 10.6 Å². The molecule has 48 heavy (non-hydrogen) atoms. The van der Waals surface area contributed by atoms with E-state index in [0.717, 1.165) is 37.0 Å². The lowest BCUT2D eigenvalue weighted by Gasteiger charge is -2.14. The van der Waals surface area contributed by atoms with Gasteiger partial charge in [0.1, 0.15) is 5.70 Å². The third kappa shape index (κ3) is 8.27. The number of benzene rings is 5. The Bertz CT molecular complexity index is 2130. The number of rotatable bonds is 10. The van der Waals surface area contributed by atoms with E-state index in [2.05, 4.69) is 36.9 Å². The number of nitrogens with zero attached hydrogens (tertiary/aromatic N) is 1. The van der Waals surface area contributed by atoms with E-state index >= 15 is 0 Å². The fraction of sp³-hybridized carbons (Fsp3) is 0.0526. The van der Waals surface area contributed by atoms with Gasteiger partial charge in [0.05, 0.1) is 10.9 Å². The zero-order chi connectivity index (χ0) is 33.5. The zero-order valence-corrected chi connectivity index (χ0v) is 28.9. The first-order valence-electron chi connectivity index (χ1n) is 15.0. The molecule has 0 fully saturated rings. The largest absolute Gasteiger partial charge is 0.321 e. The summed E-state index contributed by atoms with van der Waals surface area (Å²) in [5.74, 6) is -1.06. The second kappa shape index (κ2) is 15.2. The van der Waals surface area contributed by atoms with Gasteiger partial charge >= 0.3 is 0 Å². The number of carbonyl (C=O) groups is 3. The predicted molar refractivity (Wildman–Crippen MR) is 200 cm³/mol. The van der Waals surface area contributed by atoms with E-state index in [1.165, 1.54) is 23.1 Å². The molecule has 10 heteroatoms. The lowest BCUT2D eigenvalue weighted by molar-refractivity contribution is -0.115. The number of thiazole rings is 1. The number of carbonyl (C=O) groups excluding carboxylic acids is 3. The van der Waals surface area contributed by atoms with Crippen molar-refractivity contribution in [3.8, 4) is 11.3 Å². The van der Waals surface area contributed by atoms with E-state index in [0.29, 0.717) is 16.4 Å². The van der Waals surface area contributed by atoms with Gasteiger partial charge in [-0.25, -0.2) is 4.98 Å². The SMILES string of the molecule is CC(Sc1cccc(NC(=O)/C(=C\c2cccc3ccccc23)NC(=O)c2ccccc2)c1)C(=O)Nc1nc(-c2ccc(Br)cc2)cs1. The first-order chi connectivity index (χ1) is 23.3. The van der Waals surface area contributed by atoms with E-state index < -0.39 is 17.1 Å². The van der Waals surface area contributed by atoms with Gasteiger partial charge in [-0.2, -0.15) is 0 Å². The molecule has 0 aliphatic rings. The van der Waals surface area contributed by atoms with Crippen LogP contribution in [0.25, 0.3) is 28.1 Å². The molecular weight excluding hydrogens is 704 g/mol. The fourth-order valence-electron chi connectivity index (χ4n) is 4.87. The van der Waals surface area contributed by atoms with Gasteiger partial charge in [-0.15, -0.1) is 23.1 Å². The molecular formula is C38H29BrN4O3S2. The van der Waals surface area contributed by atoms with Crippen LogP contribution in [0.2, 0.25) is 0 Å². The number of amides is 3. The topological polar surface area (TPSA) is 100 Å². The summed E-state index contributed by atoms with van der Waals surface area (Å²) in [6.07, 6.45) is 1.68. The molecule has 1 atom stereocenters. The number of halogens is 1. The number of nitrogens with one attached hydrogen (secondary N) is 3. The maximum atomic E-state index is 13.7. The third-order valence-electron chi connectivity index (χ3n) is 7.30. The Morgan fingerprint density at radius 1 is 0.833 bits per heavy atom. The molecule has 6 aromatic rings. The molecule has 0 aliphatic carbocycles. The summed E-state index contributed by atoms with van der Waals surface area (Å²) in [5.41, 5.74) is 3.60. The molecule has 3 N–H and O–H groups in total. The maximum Gasteiger partial charge on any atom is 0.272 e. The van der Waals surface area contributed by atoms with Crippen molar-refractivity contribution in [2.24, 2.45) is 0 Å². The number of anilines is 2. The highest BCUT2D eigenvalue weighted by Gasteiger charge is 2.19. The molecule has 0 spiro atoms. The van der Waals surface area contributed by atoms with Gasteiger partial charge in [0.15, 0.2) is 5.13 Å². The molecule has 0 saturated heterocycles. The van der Waals surface area contributed by atoms with Crippen LogP contribution >= 0.6 is 39.0 Å². The summed E-state index contributed by atoms with van der Waals surface area (Å²) in [7, 11) is 0. The smallest absolute Gasteiger partial charge is 0.272 e. The minimum atomic E-state index is -0.481. The highest BCUT2D eigenvalue weighted by atomic mass is 79.9. The minimum Gasteiger partial charge on any atom is -0.321 e. The van der Waals surface area contributed by atoms with Gasteiger partial charge in [0, 0.05) is 31.6 Å². The van der Waals surface area contributed by atoms with Crippen molar-refractivity contribution in [1.82, 2.24) is 10.3 Å². The number of hydrogen-bond acceptors (Lipinski definition) is 6. The Hall–Kier alpha value is -5.03. The molecule has 0 saturated carbocycles. The predicted octanol–water partition coefficient (Wildman–Crippen LogP) is 9.25. The van der Waals surface area contributed by atoms with Crippen molar-refractivity contribution in [2.45, 2.75) is 17.1 Å². The van der Waals surface area contributed by atoms with Gasteiger partial charge in [-0.3, -0.25) is 14.4 Å². The summed E-state index contributed by atoms with van der Waals surface area (Å²) in [5, 5.41) is 12.6. The van der Waals surface area contributed by atoms with Gasteiger partial charge in [0.2, 0.25) is 5.91 Å². The van der Waals surface area contributed by atoms with Crippen molar-refractivity contribution in [3.05, 3.63) is 148 Å². The van der Waals surface area contributed by atoms with Crippen LogP contribution in [0.4, 0.5) is 10.8 Å². The average molecular weight is 734 g/mol. The highest BCUT2D eigenvalue weighted by Crippen LogP contribution is 2.29. The first-order valence-corrected chi connectivity index (χ1v) is 17.5.